The lowest BCUT2D eigenvalue weighted by Crippen LogP contribution is -2.35. The van der Waals surface area contributed by atoms with E-state index in [2.05, 4.69) is 58.4 Å². The Labute approximate surface area is 255 Å². The summed E-state index contributed by atoms with van der Waals surface area (Å²) in [5.41, 5.74) is 41.5. The molecule has 42 heavy (non-hydrogen) atoms. The van der Waals surface area contributed by atoms with Crippen molar-refractivity contribution >= 4 is 0 Å². The van der Waals surface area contributed by atoms with Gasteiger partial charge < -0.3 is 50.4 Å². The molecule has 2 rings (SSSR count). The fourth-order valence-electron chi connectivity index (χ4n) is 5.51. The summed E-state index contributed by atoms with van der Waals surface area (Å²) in [4.78, 5) is 0. The Morgan fingerprint density at radius 1 is 0.429 bits per heavy atom. The summed E-state index contributed by atoms with van der Waals surface area (Å²) >= 11 is 0. The Hall–Kier alpha value is -1.92. The van der Waals surface area contributed by atoms with Crippen molar-refractivity contribution in [1.82, 2.24) is 16.0 Å². The van der Waals surface area contributed by atoms with E-state index < -0.39 is 0 Å². The van der Waals surface area contributed by atoms with Crippen molar-refractivity contribution in [3.8, 4) is 11.1 Å². The minimum absolute atomic E-state index is 0.320. The smallest absolute Gasteiger partial charge is 0.0119 e. The molecule has 0 heterocycles. The fraction of sp³-hybridized carbons (Fsp3) is 0.636. The van der Waals surface area contributed by atoms with E-state index in [-0.39, 0.29) is 0 Å². The Morgan fingerprint density at radius 3 is 1.17 bits per heavy atom. The number of nitrogens with one attached hydrogen (secondary N) is 3. The van der Waals surface area contributed by atoms with E-state index in [0.717, 1.165) is 77.4 Å². The molecule has 0 aromatic heterocycles. The molecular formula is C33H61N9. The Bertz CT molecular complexity index is 897. The fourth-order valence-corrected chi connectivity index (χ4v) is 5.51. The van der Waals surface area contributed by atoms with Crippen LogP contribution in [0.1, 0.15) is 55.2 Å². The predicted octanol–water partition coefficient (Wildman–Crippen LogP) is 0.949. The first-order valence-electron chi connectivity index (χ1n) is 16.2. The lowest BCUT2D eigenvalue weighted by atomic mass is 9.92. The average molecular weight is 584 g/mol. The van der Waals surface area contributed by atoms with Gasteiger partial charge in [-0.25, -0.2) is 0 Å². The monoisotopic (exact) mass is 584 g/mol. The molecule has 0 fully saturated rings. The zero-order chi connectivity index (χ0) is 30.4. The molecule has 9 heteroatoms. The SMILES string of the molecule is NCCCNC(CCN)Cc1ccc(-c2cc(CC(CCN)NCCCN)cc(CC(CCN)NCCCN)c2)cc1. The summed E-state index contributed by atoms with van der Waals surface area (Å²) in [7, 11) is 0. The number of hydrogen-bond acceptors (Lipinski definition) is 9. The van der Waals surface area contributed by atoms with Crippen LogP contribution in [0.15, 0.2) is 42.5 Å². The largest absolute Gasteiger partial charge is 0.330 e. The molecule has 0 amide bonds. The first-order valence-corrected chi connectivity index (χ1v) is 16.2. The molecule has 2 aromatic rings. The Balaban J connectivity index is 2.30. The molecule has 0 radical (unpaired) electrons. The van der Waals surface area contributed by atoms with Crippen LogP contribution >= 0.6 is 0 Å². The molecule has 238 valence electrons. The van der Waals surface area contributed by atoms with E-state index in [1.54, 1.807) is 0 Å². The highest BCUT2D eigenvalue weighted by atomic mass is 14.9. The summed E-state index contributed by atoms with van der Waals surface area (Å²) in [5.74, 6) is 0. The van der Waals surface area contributed by atoms with Crippen molar-refractivity contribution in [3.63, 3.8) is 0 Å². The second kappa shape index (κ2) is 22.6. The Morgan fingerprint density at radius 2 is 0.810 bits per heavy atom. The highest BCUT2D eigenvalue weighted by Crippen LogP contribution is 2.26. The van der Waals surface area contributed by atoms with Gasteiger partial charge in [0.15, 0.2) is 0 Å². The normalized spacial score (nSPS) is 13.8. The third-order valence-corrected chi connectivity index (χ3v) is 7.77. The number of rotatable bonds is 25. The van der Waals surface area contributed by atoms with Gasteiger partial charge >= 0.3 is 0 Å². The van der Waals surface area contributed by atoms with Crippen LogP contribution in [-0.2, 0) is 19.3 Å². The standard InChI is InChI=1S/C33H61N9/c34-11-1-17-40-31(8-14-37)23-26-4-6-29(7-5-26)30-21-27(24-32(9-15-38)41-18-2-12-35)20-28(22-30)25-33(10-16-39)42-19-3-13-36/h4-7,20-22,31-33,40-42H,1-3,8-19,23-25,34-39H2. The van der Waals surface area contributed by atoms with Crippen LogP contribution in [-0.4, -0.2) is 77.0 Å². The molecule has 0 bridgehead atoms. The van der Waals surface area contributed by atoms with Crippen molar-refractivity contribution in [1.29, 1.82) is 0 Å². The summed E-state index contributed by atoms with van der Waals surface area (Å²) in [6, 6.07) is 17.1. The van der Waals surface area contributed by atoms with Crippen molar-refractivity contribution in [2.75, 3.05) is 58.9 Å². The van der Waals surface area contributed by atoms with Crippen LogP contribution in [0.4, 0.5) is 0 Å². The van der Waals surface area contributed by atoms with Gasteiger partial charge in [0, 0.05) is 18.1 Å². The van der Waals surface area contributed by atoms with Gasteiger partial charge in [-0.2, -0.15) is 0 Å². The van der Waals surface area contributed by atoms with Gasteiger partial charge in [-0.1, -0.05) is 42.5 Å². The summed E-state index contributed by atoms with van der Waals surface area (Å²) < 4.78 is 0. The maximum atomic E-state index is 5.99. The first-order chi connectivity index (χ1) is 20.6. The first kappa shape index (κ1) is 36.3. The molecule has 15 N–H and O–H groups in total. The molecule has 0 aliphatic rings. The van der Waals surface area contributed by atoms with E-state index in [1.165, 1.54) is 27.8 Å². The summed E-state index contributed by atoms with van der Waals surface area (Å²) in [6.07, 6.45) is 8.52. The quantitative estimate of drug-likeness (QED) is 0.0765. The van der Waals surface area contributed by atoms with Crippen molar-refractivity contribution in [3.05, 3.63) is 59.2 Å². The van der Waals surface area contributed by atoms with Gasteiger partial charge in [-0.05, 0) is 145 Å². The van der Waals surface area contributed by atoms with Gasteiger partial charge in [-0.3, -0.25) is 0 Å². The molecule has 3 atom stereocenters. The van der Waals surface area contributed by atoms with Crippen LogP contribution in [0, 0.1) is 0 Å². The van der Waals surface area contributed by atoms with Crippen molar-refractivity contribution in [2.24, 2.45) is 34.4 Å². The highest BCUT2D eigenvalue weighted by molar-refractivity contribution is 5.65. The van der Waals surface area contributed by atoms with Crippen molar-refractivity contribution in [2.45, 2.75) is 75.9 Å². The molecule has 3 unspecified atom stereocenters. The molecule has 0 saturated heterocycles. The van der Waals surface area contributed by atoms with E-state index in [1.807, 2.05) is 0 Å². The van der Waals surface area contributed by atoms with Gasteiger partial charge in [-0.15, -0.1) is 0 Å². The molecule has 0 spiro atoms. The maximum absolute atomic E-state index is 5.99. The van der Waals surface area contributed by atoms with Gasteiger partial charge in [0.25, 0.3) is 0 Å². The van der Waals surface area contributed by atoms with Crippen LogP contribution in [0.5, 0.6) is 0 Å². The third kappa shape index (κ3) is 14.5. The minimum Gasteiger partial charge on any atom is -0.330 e. The van der Waals surface area contributed by atoms with Crippen LogP contribution in [0.3, 0.4) is 0 Å². The maximum Gasteiger partial charge on any atom is 0.0119 e. The molecule has 2 aromatic carbocycles. The second-order valence-electron chi connectivity index (χ2n) is 11.5. The van der Waals surface area contributed by atoms with E-state index >= 15 is 0 Å². The third-order valence-electron chi connectivity index (χ3n) is 7.77. The lowest BCUT2D eigenvalue weighted by molar-refractivity contribution is 0.475. The highest BCUT2D eigenvalue weighted by Gasteiger charge is 2.14. The van der Waals surface area contributed by atoms with Gasteiger partial charge in [0.05, 0.1) is 0 Å². The molecule has 0 saturated carbocycles. The van der Waals surface area contributed by atoms with Crippen LogP contribution in [0.25, 0.3) is 11.1 Å². The second-order valence-corrected chi connectivity index (χ2v) is 11.5. The zero-order valence-electron chi connectivity index (χ0n) is 26.0. The molecular weight excluding hydrogens is 522 g/mol. The number of benzene rings is 2. The van der Waals surface area contributed by atoms with Crippen molar-refractivity contribution < 1.29 is 0 Å². The predicted molar refractivity (Wildman–Crippen MR) is 180 cm³/mol. The summed E-state index contributed by atoms with van der Waals surface area (Å²) in [5, 5.41) is 11.0. The molecule has 0 aliphatic carbocycles. The topological polar surface area (TPSA) is 192 Å². The van der Waals surface area contributed by atoms with Crippen LogP contribution in [0.2, 0.25) is 0 Å². The Kier molecular flexibility index (Phi) is 19.5. The number of hydrogen-bond donors (Lipinski definition) is 9. The molecule has 9 nitrogen and oxygen atoms in total. The average Bonchev–Trinajstić information content (AvgIpc) is 2.98. The molecule has 0 aliphatic heterocycles. The zero-order valence-corrected chi connectivity index (χ0v) is 26.0. The van der Waals surface area contributed by atoms with E-state index in [9.17, 15) is 0 Å². The number of nitrogens with two attached hydrogens (primary N) is 6. The van der Waals surface area contributed by atoms with Crippen LogP contribution < -0.4 is 50.4 Å². The van der Waals surface area contributed by atoms with E-state index in [4.69, 9.17) is 34.4 Å². The minimum atomic E-state index is 0.320. The van der Waals surface area contributed by atoms with E-state index in [0.29, 0.717) is 57.4 Å². The van der Waals surface area contributed by atoms with Gasteiger partial charge in [0.2, 0.25) is 0 Å². The summed E-state index contributed by atoms with van der Waals surface area (Å²) in [6.45, 7) is 6.80. The lowest BCUT2D eigenvalue weighted by Gasteiger charge is -2.22. The van der Waals surface area contributed by atoms with Gasteiger partial charge in [0.1, 0.15) is 0 Å².